The standard InChI is InChI=1S/C11H14INO2/c1-2-10(7-14)13-11(15)8-3-5-9(12)6-4-8/h3-6,10,14H,2,7H2,1H3,(H,13,15)/t10-/m0/s1. The summed E-state index contributed by atoms with van der Waals surface area (Å²) in [6.45, 7) is 1.90. The van der Waals surface area contributed by atoms with E-state index >= 15 is 0 Å². The number of carbonyl (C=O) groups is 1. The quantitative estimate of drug-likeness (QED) is 0.832. The van der Waals surface area contributed by atoms with Crippen molar-refractivity contribution in [3.63, 3.8) is 0 Å². The molecule has 1 aromatic carbocycles. The number of hydrogen-bond donors (Lipinski definition) is 2. The first-order valence-electron chi connectivity index (χ1n) is 4.84. The van der Waals surface area contributed by atoms with Gasteiger partial charge in [0.05, 0.1) is 12.6 Å². The normalized spacial score (nSPS) is 12.2. The van der Waals surface area contributed by atoms with Crippen molar-refractivity contribution < 1.29 is 9.90 Å². The molecule has 0 unspecified atom stereocenters. The van der Waals surface area contributed by atoms with Crippen LogP contribution in [-0.4, -0.2) is 23.7 Å². The molecule has 1 aromatic rings. The Hall–Kier alpha value is -0.620. The van der Waals surface area contributed by atoms with Gasteiger partial charge in [0.1, 0.15) is 0 Å². The fourth-order valence-electron chi connectivity index (χ4n) is 1.15. The van der Waals surface area contributed by atoms with Gasteiger partial charge in [-0.15, -0.1) is 0 Å². The van der Waals surface area contributed by atoms with Crippen molar-refractivity contribution in [1.82, 2.24) is 5.32 Å². The second kappa shape index (κ2) is 6.07. The van der Waals surface area contributed by atoms with Crippen LogP contribution in [0.5, 0.6) is 0 Å². The molecule has 0 saturated heterocycles. The van der Waals surface area contributed by atoms with Crippen molar-refractivity contribution in [2.75, 3.05) is 6.61 Å². The third-order valence-corrected chi connectivity index (χ3v) is 2.87. The highest BCUT2D eigenvalue weighted by atomic mass is 127. The summed E-state index contributed by atoms with van der Waals surface area (Å²) < 4.78 is 1.10. The van der Waals surface area contributed by atoms with Crippen LogP contribution in [-0.2, 0) is 0 Å². The van der Waals surface area contributed by atoms with Crippen LogP contribution in [0.3, 0.4) is 0 Å². The lowest BCUT2D eigenvalue weighted by molar-refractivity contribution is 0.0915. The Bertz CT molecular complexity index is 320. The van der Waals surface area contributed by atoms with Crippen LogP contribution in [0.1, 0.15) is 23.7 Å². The molecule has 1 rings (SSSR count). The van der Waals surface area contributed by atoms with Crippen molar-refractivity contribution in [3.8, 4) is 0 Å². The second-order valence-electron chi connectivity index (χ2n) is 3.27. The molecule has 2 N–H and O–H groups in total. The van der Waals surface area contributed by atoms with E-state index in [9.17, 15) is 4.79 Å². The third-order valence-electron chi connectivity index (χ3n) is 2.15. The molecular formula is C11H14INO2. The topological polar surface area (TPSA) is 49.3 Å². The number of nitrogens with one attached hydrogen (secondary N) is 1. The number of aliphatic hydroxyl groups excluding tert-OH is 1. The van der Waals surface area contributed by atoms with Crippen molar-refractivity contribution in [2.24, 2.45) is 0 Å². The van der Waals surface area contributed by atoms with Crippen molar-refractivity contribution >= 4 is 28.5 Å². The summed E-state index contributed by atoms with van der Waals surface area (Å²) in [5, 5.41) is 11.7. The number of hydrogen-bond acceptors (Lipinski definition) is 2. The van der Waals surface area contributed by atoms with E-state index in [1.165, 1.54) is 0 Å². The van der Waals surface area contributed by atoms with Gasteiger partial charge < -0.3 is 10.4 Å². The zero-order valence-corrected chi connectivity index (χ0v) is 10.7. The van der Waals surface area contributed by atoms with Gasteiger partial charge >= 0.3 is 0 Å². The second-order valence-corrected chi connectivity index (χ2v) is 4.51. The molecule has 0 fully saturated rings. The van der Waals surface area contributed by atoms with Gasteiger partial charge in [0.2, 0.25) is 0 Å². The minimum atomic E-state index is -0.156. The van der Waals surface area contributed by atoms with E-state index in [1.807, 2.05) is 19.1 Å². The lowest BCUT2D eigenvalue weighted by atomic mass is 10.2. The summed E-state index contributed by atoms with van der Waals surface area (Å²) in [5.41, 5.74) is 0.627. The van der Waals surface area contributed by atoms with Crippen LogP contribution in [0.25, 0.3) is 0 Å². The fraction of sp³-hybridized carbons (Fsp3) is 0.364. The van der Waals surface area contributed by atoms with Crippen LogP contribution in [0.2, 0.25) is 0 Å². The maximum Gasteiger partial charge on any atom is 0.251 e. The summed E-state index contributed by atoms with van der Waals surface area (Å²) in [6.07, 6.45) is 0.729. The van der Waals surface area contributed by atoms with E-state index in [4.69, 9.17) is 5.11 Å². The van der Waals surface area contributed by atoms with Gasteiger partial charge in [-0.25, -0.2) is 0 Å². The lowest BCUT2D eigenvalue weighted by Crippen LogP contribution is -2.36. The van der Waals surface area contributed by atoms with E-state index in [0.717, 1.165) is 9.99 Å². The minimum absolute atomic E-state index is 0.0212. The monoisotopic (exact) mass is 319 g/mol. The molecular weight excluding hydrogens is 305 g/mol. The average molecular weight is 319 g/mol. The number of halogens is 1. The van der Waals surface area contributed by atoms with Gasteiger partial charge in [0, 0.05) is 9.13 Å². The van der Waals surface area contributed by atoms with Crippen molar-refractivity contribution in [1.29, 1.82) is 0 Å². The van der Waals surface area contributed by atoms with E-state index in [1.54, 1.807) is 12.1 Å². The highest BCUT2D eigenvalue weighted by Crippen LogP contribution is 2.07. The first-order valence-corrected chi connectivity index (χ1v) is 5.92. The van der Waals surface area contributed by atoms with Gasteiger partial charge in [-0.1, -0.05) is 6.92 Å². The zero-order valence-electron chi connectivity index (χ0n) is 8.53. The highest BCUT2D eigenvalue weighted by Gasteiger charge is 2.10. The molecule has 15 heavy (non-hydrogen) atoms. The fourth-order valence-corrected chi connectivity index (χ4v) is 1.51. The molecule has 0 saturated carbocycles. The largest absolute Gasteiger partial charge is 0.394 e. The van der Waals surface area contributed by atoms with Crippen LogP contribution in [0.4, 0.5) is 0 Å². The Morgan fingerprint density at radius 3 is 2.53 bits per heavy atom. The molecule has 3 nitrogen and oxygen atoms in total. The van der Waals surface area contributed by atoms with E-state index < -0.39 is 0 Å². The van der Waals surface area contributed by atoms with E-state index in [2.05, 4.69) is 27.9 Å². The predicted octanol–water partition coefficient (Wildman–Crippen LogP) is 1.79. The van der Waals surface area contributed by atoms with Crippen LogP contribution in [0.15, 0.2) is 24.3 Å². The predicted molar refractivity (Wildman–Crippen MR) is 67.8 cm³/mol. The molecule has 1 atom stereocenters. The lowest BCUT2D eigenvalue weighted by Gasteiger charge is -2.13. The molecule has 0 aromatic heterocycles. The molecule has 0 bridgehead atoms. The van der Waals surface area contributed by atoms with Gasteiger partial charge in [0.15, 0.2) is 0 Å². The molecule has 0 radical (unpaired) electrons. The number of amides is 1. The van der Waals surface area contributed by atoms with Crippen LogP contribution >= 0.6 is 22.6 Å². The van der Waals surface area contributed by atoms with Gasteiger partial charge in [0.25, 0.3) is 5.91 Å². The Kier molecular flexibility index (Phi) is 5.04. The highest BCUT2D eigenvalue weighted by molar-refractivity contribution is 14.1. The van der Waals surface area contributed by atoms with Crippen molar-refractivity contribution in [3.05, 3.63) is 33.4 Å². The van der Waals surface area contributed by atoms with E-state index in [-0.39, 0.29) is 18.6 Å². The molecule has 82 valence electrons. The molecule has 0 spiro atoms. The van der Waals surface area contributed by atoms with Gasteiger partial charge in [-0.05, 0) is 53.3 Å². The molecule has 4 heteroatoms. The van der Waals surface area contributed by atoms with Crippen LogP contribution < -0.4 is 5.32 Å². The van der Waals surface area contributed by atoms with Gasteiger partial charge in [-0.3, -0.25) is 4.79 Å². The number of rotatable bonds is 4. The molecule has 0 heterocycles. The summed E-state index contributed by atoms with van der Waals surface area (Å²) in [4.78, 5) is 11.7. The average Bonchev–Trinajstić information content (AvgIpc) is 2.26. The Morgan fingerprint density at radius 2 is 2.07 bits per heavy atom. The van der Waals surface area contributed by atoms with Gasteiger partial charge in [-0.2, -0.15) is 0 Å². The molecule has 1 amide bonds. The summed E-state index contributed by atoms with van der Waals surface area (Å²) in [7, 11) is 0. The van der Waals surface area contributed by atoms with E-state index in [0.29, 0.717) is 5.56 Å². The molecule has 0 aliphatic carbocycles. The summed E-state index contributed by atoms with van der Waals surface area (Å²) >= 11 is 2.19. The van der Waals surface area contributed by atoms with Crippen molar-refractivity contribution in [2.45, 2.75) is 19.4 Å². The SMILES string of the molecule is CC[C@@H](CO)NC(=O)c1ccc(I)cc1. The first kappa shape index (κ1) is 12.4. The number of aliphatic hydroxyl groups is 1. The number of benzene rings is 1. The Labute approximate surface area is 103 Å². The first-order chi connectivity index (χ1) is 7.17. The summed E-state index contributed by atoms with van der Waals surface area (Å²) in [5.74, 6) is -0.132. The third kappa shape index (κ3) is 3.79. The minimum Gasteiger partial charge on any atom is -0.394 e. The smallest absolute Gasteiger partial charge is 0.251 e. The molecule has 0 aliphatic rings. The number of carbonyl (C=O) groups excluding carboxylic acids is 1. The van der Waals surface area contributed by atoms with Crippen LogP contribution in [0, 0.1) is 3.57 Å². The Balaban J connectivity index is 2.64. The maximum atomic E-state index is 11.7. The summed E-state index contributed by atoms with van der Waals surface area (Å²) in [6, 6.07) is 7.17. The maximum absolute atomic E-state index is 11.7. The molecule has 0 aliphatic heterocycles. The Morgan fingerprint density at radius 1 is 1.47 bits per heavy atom. The zero-order chi connectivity index (χ0) is 11.3.